The Labute approximate surface area is 276 Å². The molecule has 47 heavy (non-hydrogen) atoms. The second kappa shape index (κ2) is 17.7. The Kier molecular flexibility index (Phi) is 14.0. The average molecular weight is 659 g/mol. The van der Waals surface area contributed by atoms with Gasteiger partial charge in [-0.3, -0.25) is 19.2 Å². The lowest BCUT2D eigenvalue weighted by Crippen LogP contribution is -2.56. The number of carbonyl (C=O) groups is 6. The van der Waals surface area contributed by atoms with Crippen molar-refractivity contribution in [1.29, 1.82) is 0 Å². The molecule has 1 aromatic carbocycles. The SMILES string of the molecule is C[C@@H](NC(=O)[C@@H]1CCCN1C(=O)[C@@H](C)NC(=O)[C@H](CCC(=O)OC1CCCCC1)NC(=O)OC(C)(C)C)C(=O)OCc1ccccc1. The summed E-state index contributed by atoms with van der Waals surface area (Å²) in [6, 6.07) is 5.14. The van der Waals surface area contributed by atoms with Crippen LogP contribution in [-0.2, 0) is 44.8 Å². The highest BCUT2D eigenvalue weighted by Crippen LogP contribution is 2.22. The van der Waals surface area contributed by atoms with Gasteiger partial charge in [-0.05, 0) is 85.1 Å². The first-order chi connectivity index (χ1) is 22.2. The summed E-state index contributed by atoms with van der Waals surface area (Å²) in [5.74, 6) is -2.75. The molecule has 1 aromatic rings. The predicted molar refractivity (Wildman–Crippen MR) is 172 cm³/mol. The third kappa shape index (κ3) is 12.5. The number of amides is 4. The van der Waals surface area contributed by atoms with Crippen molar-refractivity contribution in [2.45, 2.75) is 135 Å². The van der Waals surface area contributed by atoms with E-state index in [-0.39, 0.29) is 32.1 Å². The minimum absolute atomic E-state index is 0.0649. The number of carbonyl (C=O) groups excluding carboxylic acids is 6. The number of hydrogen-bond donors (Lipinski definition) is 3. The Morgan fingerprint density at radius 3 is 2.21 bits per heavy atom. The number of likely N-dealkylation sites (tertiary alicyclic amines) is 1. The lowest BCUT2D eigenvalue weighted by Gasteiger charge is -2.29. The summed E-state index contributed by atoms with van der Waals surface area (Å²) in [7, 11) is 0. The van der Waals surface area contributed by atoms with Crippen molar-refractivity contribution in [3.63, 3.8) is 0 Å². The maximum Gasteiger partial charge on any atom is 0.408 e. The van der Waals surface area contributed by atoms with Crippen molar-refractivity contribution in [3.8, 4) is 0 Å². The number of benzene rings is 1. The van der Waals surface area contributed by atoms with E-state index in [0.717, 1.165) is 37.7 Å². The molecule has 1 heterocycles. The predicted octanol–water partition coefficient (Wildman–Crippen LogP) is 3.28. The molecule has 260 valence electrons. The molecule has 3 N–H and O–H groups in total. The third-order valence-electron chi connectivity index (χ3n) is 8.00. The molecule has 0 spiro atoms. The molecule has 1 aliphatic carbocycles. The van der Waals surface area contributed by atoms with E-state index in [0.29, 0.717) is 12.8 Å². The van der Waals surface area contributed by atoms with Gasteiger partial charge in [0.05, 0.1) is 0 Å². The highest BCUT2D eigenvalue weighted by molar-refractivity contribution is 5.95. The van der Waals surface area contributed by atoms with E-state index >= 15 is 0 Å². The van der Waals surface area contributed by atoms with E-state index in [4.69, 9.17) is 14.2 Å². The van der Waals surface area contributed by atoms with Gasteiger partial charge in [0.15, 0.2) is 0 Å². The van der Waals surface area contributed by atoms with Crippen LogP contribution in [0.15, 0.2) is 30.3 Å². The summed E-state index contributed by atoms with van der Waals surface area (Å²) < 4.78 is 16.2. The van der Waals surface area contributed by atoms with Gasteiger partial charge in [0, 0.05) is 13.0 Å². The van der Waals surface area contributed by atoms with Crippen LogP contribution in [0.3, 0.4) is 0 Å². The number of alkyl carbamates (subject to hydrolysis) is 1. The van der Waals surface area contributed by atoms with Gasteiger partial charge < -0.3 is 35.1 Å². The number of esters is 2. The van der Waals surface area contributed by atoms with E-state index in [1.165, 1.54) is 18.7 Å². The van der Waals surface area contributed by atoms with Crippen LogP contribution in [0, 0.1) is 0 Å². The van der Waals surface area contributed by atoms with Crippen LogP contribution in [0.1, 0.15) is 98.0 Å². The minimum atomic E-state index is -1.18. The molecular formula is C34H50N4O9. The van der Waals surface area contributed by atoms with Crippen LogP contribution >= 0.6 is 0 Å². The number of ether oxygens (including phenoxy) is 3. The fourth-order valence-electron chi connectivity index (χ4n) is 5.56. The second-order valence-electron chi connectivity index (χ2n) is 13.2. The Morgan fingerprint density at radius 1 is 0.872 bits per heavy atom. The molecule has 0 unspecified atom stereocenters. The molecule has 2 fully saturated rings. The Hall–Kier alpha value is -4.16. The molecule has 4 amide bonds. The summed E-state index contributed by atoms with van der Waals surface area (Å²) in [6.45, 7) is 8.40. The molecule has 2 aliphatic rings. The fourth-order valence-corrected chi connectivity index (χ4v) is 5.56. The zero-order valence-corrected chi connectivity index (χ0v) is 28.2. The van der Waals surface area contributed by atoms with Gasteiger partial charge in [-0.25, -0.2) is 9.59 Å². The molecule has 0 bridgehead atoms. The number of hydrogen-bond acceptors (Lipinski definition) is 9. The summed E-state index contributed by atoms with van der Waals surface area (Å²) in [6.07, 6.45) is 4.48. The molecule has 3 rings (SSSR count). The molecule has 1 saturated carbocycles. The van der Waals surface area contributed by atoms with Gasteiger partial charge in [-0.2, -0.15) is 0 Å². The molecule has 0 radical (unpaired) electrons. The normalized spacial score (nSPS) is 18.7. The molecule has 0 aromatic heterocycles. The Bertz CT molecular complexity index is 1240. The third-order valence-corrected chi connectivity index (χ3v) is 8.00. The van der Waals surface area contributed by atoms with Crippen molar-refractivity contribution < 1.29 is 43.0 Å². The highest BCUT2D eigenvalue weighted by Gasteiger charge is 2.38. The summed E-state index contributed by atoms with van der Waals surface area (Å²) in [5.41, 5.74) is -0.0127. The van der Waals surface area contributed by atoms with Crippen molar-refractivity contribution in [2.24, 2.45) is 0 Å². The van der Waals surface area contributed by atoms with Gasteiger partial charge in [0.2, 0.25) is 17.7 Å². The molecule has 4 atom stereocenters. The number of rotatable bonds is 13. The first-order valence-electron chi connectivity index (χ1n) is 16.5. The van der Waals surface area contributed by atoms with E-state index in [2.05, 4.69) is 16.0 Å². The first kappa shape index (κ1) is 37.3. The summed E-state index contributed by atoms with van der Waals surface area (Å²) in [4.78, 5) is 78.9. The lowest BCUT2D eigenvalue weighted by molar-refractivity contribution is -0.151. The molecule has 1 saturated heterocycles. The van der Waals surface area contributed by atoms with E-state index in [1.807, 2.05) is 30.3 Å². The molecule has 1 aliphatic heterocycles. The smallest absolute Gasteiger partial charge is 0.408 e. The van der Waals surface area contributed by atoms with Gasteiger partial charge in [0.1, 0.15) is 42.5 Å². The van der Waals surface area contributed by atoms with E-state index in [9.17, 15) is 28.8 Å². The van der Waals surface area contributed by atoms with E-state index in [1.54, 1.807) is 20.8 Å². The van der Waals surface area contributed by atoms with Crippen molar-refractivity contribution in [1.82, 2.24) is 20.9 Å². The van der Waals surface area contributed by atoms with Gasteiger partial charge in [-0.15, -0.1) is 0 Å². The van der Waals surface area contributed by atoms with Crippen LogP contribution in [0.4, 0.5) is 4.79 Å². The van der Waals surface area contributed by atoms with Crippen LogP contribution < -0.4 is 16.0 Å². The van der Waals surface area contributed by atoms with Crippen LogP contribution in [0.25, 0.3) is 0 Å². The number of nitrogens with one attached hydrogen (secondary N) is 3. The maximum atomic E-state index is 13.4. The quantitative estimate of drug-likeness (QED) is 0.213. The van der Waals surface area contributed by atoms with Crippen molar-refractivity contribution >= 4 is 35.8 Å². The molecule has 13 nitrogen and oxygen atoms in total. The first-order valence-corrected chi connectivity index (χ1v) is 16.5. The van der Waals surface area contributed by atoms with E-state index < -0.39 is 65.5 Å². The number of nitrogens with zero attached hydrogens (tertiary/aromatic N) is 1. The highest BCUT2D eigenvalue weighted by atomic mass is 16.6. The molecular weight excluding hydrogens is 608 g/mol. The summed E-state index contributed by atoms with van der Waals surface area (Å²) in [5, 5.41) is 7.77. The zero-order valence-electron chi connectivity index (χ0n) is 28.2. The average Bonchev–Trinajstić information content (AvgIpc) is 3.52. The largest absolute Gasteiger partial charge is 0.462 e. The molecule has 13 heteroatoms. The van der Waals surface area contributed by atoms with Gasteiger partial charge in [-0.1, -0.05) is 36.8 Å². The maximum absolute atomic E-state index is 13.4. The van der Waals surface area contributed by atoms with Crippen LogP contribution in [0.2, 0.25) is 0 Å². The van der Waals surface area contributed by atoms with Crippen LogP contribution in [-0.4, -0.2) is 83.1 Å². The van der Waals surface area contributed by atoms with Crippen LogP contribution in [0.5, 0.6) is 0 Å². The standard InChI is InChI=1S/C34H50N4O9/c1-22(31(42)38-20-12-17-27(38)30(41)36-23(2)32(43)45-21-24-13-8-6-9-14-24)35-29(40)26(37-33(44)47-34(3,4)5)18-19-28(39)46-25-15-10-7-11-16-25/h6,8-9,13-14,22-23,25-27H,7,10-12,15-21H2,1-5H3,(H,35,40)(H,36,41)(H,37,44)/t22-,23-,26+,27+/m1/s1. The lowest BCUT2D eigenvalue weighted by atomic mass is 9.98. The minimum Gasteiger partial charge on any atom is -0.462 e. The van der Waals surface area contributed by atoms with Gasteiger partial charge in [0.25, 0.3) is 0 Å². The van der Waals surface area contributed by atoms with Crippen molar-refractivity contribution in [2.75, 3.05) is 6.54 Å². The second-order valence-corrected chi connectivity index (χ2v) is 13.2. The fraction of sp³-hybridized carbons (Fsp3) is 0.647. The van der Waals surface area contributed by atoms with Crippen molar-refractivity contribution in [3.05, 3.63) is 35.9 Å². The Morgan fingerprint density at radius 2 is 1.55 bits per heavy atom. The summed E-state index contributed by atoms with van der Waals surface area (Å²) >= 11 is 0. The zero-order chi connectivity index (χ0) is 34.6. The van der Waals surface area contributed by atoms with Gasteiger partial charge >= 0.3 is 18.0 Å². The monoisotopic (exact) mass is 658 g/mol. The topological polar surface area (TPSA) is 169 Å². The Balaban J connectivity index is 1.56.